The van der Waals surface area contributed by atoms with Gasteiger partial charge in [-0.1, -0.05) is 19.3 Å². The lowest BCUT2D eigenvalue weighted by Gasteiger charge is -2.23. The van der Waals surface area contributed by atoms with Crippen LogP contribution in [0.15, 0.2) is 18.2 Å². The maximum atomic E-state index is 13.1. The van der Waals surface area contributed by atoms with Crippen LogP contribution in [0.3, 0.4) is 0 Å². The first-order valence-electron chi connectivity index (χ1n) is 9.24. The second kappa shape index (κ2) is 12.5. The van der Waals surface area contributed by atoms with Crippen molar-refractivity contribution in [1.29, 1.82) is 0 Å². The molecule has 0 bridgehead atoms. The zero-order valence-electron chi connectivity index (χ0n) is 15.9. The summed E-state index contributed by atoms with van der Waals surface area (Å²) in [4.78, 5) is 0. The van der Waals surface area contributed by atoms with Crippen LogP contribution in [0.5, 0.6) is 0 Å². The van der Waals surface area contributed by atoms with E-state index >= 15 is 0 Å². The fourth-order valence-electron chi connectivity index (χ4n) is 2.45. The first kappa shape index (κ1) is 22.2. The van der Waals surface area contributed by atoms with E-state index in [-0.39, 0.29) is 12.2 Å². The lowest BCUT2D eigenvalue weighted by Crippen LogP contribution is -2.28. The van der Waals surface area contributed by atoms with Crippen LogP contribution in [0, 0.1) is 11.6 Å². The van der Waals surface area contributed by atoms with Gasteiger partial charge in [0.25, 0.3) is 6.48 Å². The van der Waals surface area contributed by atoms with Gasteiger partial charge in [0.2, 0.25) is 0 Å². The van der Waals surface area contributed by atoms with Gasteiger partial charge in [0, 0.05) is 6.07 Å². The normalized spacial score (nSPS) is 12.4. The second-order valence-electron chi connectivity index (χ2n) is 6.82. The summed E-state index contributed by atoms with van der Waals surface area (Å²) < 4.78 is 43.2. The Hall–Kier alpha value is -0.823. The number of hydrogen-bond acceptors (Lipinski definition) is 3. The Bertz CT molecular complexity index is 453. The monoisotopic (exact) mass is 374 g/mol. The minimum Gasteiger partial charge on any atom is -0.379 e. The predicted octanol–water partition coefficient (Wildman–Crippen LogP) is 4.72. The van der Waals surface area contributed by atoms with Gasteiger partial charge in [-0.2, -0.15) is 0 Å². The van der Waals surface area contributed by atoms with Crippen LogP contribution in [-0.4, -0.2) is 28.4 Å². The quantitative estimate of drug-likeness (QED) is 0.284. The van der Waals surface area contributed by atoms with E-state index in [2.05, 4.69) is 0 Å². The lowest BCUT2D eigenvalue weighted by molar-refractivity contribution is -0.275. The van der Waals surface area contributed by atoms with E-state index in [1.54, 1.807) is 0 Å². The molecule has 0 aliphatic rings. The van der Waals surface area contributed by atoms with Crippen LogP contribution in [-0.2, 0) is 20.3 Å². The molecule has 0 unspecified atom stereocenters. The van der Waals surface area contributed by atoms with Gasteiger partial charge in [-0.25, -0.2) is 8.78 Å². The summed E-state index contributed by atoms with van der Waals surface area (Å²) in [6.07, 6.45) is 5.09. The lowest BCUT2D eigenvalue weighted by atomic mass is 10.1. The number of unbranched alkanes of at least 4 members (excludes halogenated alkanes) is 3. The first-order chi connectivity index (χ1) is 11.9. The first-order valence-corrected chi connectivity index (χ1v) is 10.8. The van der Waals surface area contributed by atoms with Crippen molar-refractivity contribution in [2.24, 2.45) is 0 Å². The van der Waals surface area contributed by atoms with E-state index in [0.717, 1.165) is 49.8 Å². The Balaban J connectivity index is 2.09. The molecule has 0 atom stereocenters. The summed E-state index contributed by atoms with van der Waals surface area (Å²) in [6, 6.07) is 4.81. The molecule has 0 fully saturated rings. The molecule has 0 radical (unpaired) electrons. The van der Waals surface area contributed by atoms with Gasteiger partial charge < -0.3 is 13.9 Å². The summed E-state index contributed by atoms with van der Waals surface area (Å²) in [7, 11) is -0.667. The fraction of sp³-hybridized carbons (Fsp3) is 0.684. The Kier molecular flexibility index (Phi) is 11.1. The Morgan fingerprint density at radius 3 is 1.96 bits per heavy atom. The number of benzene rings is 1. The molecule has 1 aromatic carbocycles. The minimum absolute atomic E-state index is 0.0745. The third-order valence-corrected chi connectivity index (χ3v) is 4.85. The van der Waals surface area contributed by atoms with Crippen LogP contribution in [0.4, 0.5) is 8.78 Å². The zero-order chi connectivity index (χ0) is 18.7. The minimum atomic E-state index is -0.667. The molecular weight excluding hydrogens is 342 g/mol. The maximum Gasteiger partial charge on any atom is 0.262 e. The van der Waals surface area contributed by atoms with Gasteiger partial charge in [-0.3, -0.25) is 0 Å². The molecular formula is C19H32F2O3Si. The molecule has 144 valence electrons. The average Bonchev–Trinajstić information content (AvgIpc) is 2.47. The molecule has 0 saturated carbocycles. The topological polar surface area (TPSA) is 27.7 Å². The number of rotatable bonds is 13. The summed E-state index contributed by atoms with van der Waals surface area (Å²) in [5.41, 5.74) is 0.731. The molecule has 3 nitrogen and oxygen atoms in total. The molecule has 0 N–H and O–H groups in total. The predicted molar refractivity (Wildman–Crippen MR) is 99.2 cm³/mol. The number of hydrogen-bond donors (Lipinski definition) is 0. The molecule has 1 rings (SSSR count). The molecule has 0 aromatic heterocycles. The van der Waals surface area contributed by atoms with Crippen molar-refractivity contribution >= 4 is 9.76 Å². The molecule has 0 aliphatic heterocycles. The molecule has 0 aliphatic carbocycles. The van der Waals surface area contributed by atoms with Gasteiger partial charge >= 0.3 is 0 Å². The molecule has 1 aromatic rings. The SMILES string of the molecule is CC(C)OC(O[SiH2]CCCCCCc1cc(F)cc(F)c1)OC(C)C. The van der Waals surface area contributed by atoms with E-state index in [1.165, 1.54) is 12.1 Å². The zero-order valence-corrected chi connectivity index (χ0v) is 17.3. The maximum absolute atomic E-state index is 13.1. The molecule has 6 heteroatoms. The fourth-order valence-corrected chi connectivity index (χ4v) is 3.53. The summed E-state index contributed by atoms with van der Waals surface area (Å²) in [5, 5.41) is 0. The van der Waals surface area contributed by atoms with Gasteiger partial charge in [0.1, 0.15) is 11.6 Å². The summed E-state index contributed by atoms with van der Waals surface area (Å²) in [5.74, 6) is -1.00. The highest BCUT2D eigenvalue weighted by Crippen LogP contribution is 2.13. The van der Waals surface area contributed by atoms with E-state index < -0.39 is 27.9 Å². The van der Waals surface area contributed by atoms with Crippen molar-refractivity contribution in [3.8, 4) is 0 Å². The van der Waals surface area contributed by atoms with Crippen molar-refractivity contribution in [1.82, 2.24) is 0 Å². The van der Waals surface area contributed by atoms with Crippen LogP contribution in [0.2, 0.25) is 6.04 Å². The molecule has 0 saturated heterocycles. The standard InChI is InChI=1S/C19H32F2O3Si/c1-14(2)22-19(23-15(3)4)24-25-10-8-6-5-7-9-16-11-17(20)13-18(21)12-16/h11-15,19H,5-10,25H2,1-4H3. The smallest absolute Gasteiger partial charge is 0.262 e. The van der Waals surface area contributed by atoms with E-state index in [9.17, 15) is 8.78 Å². The summed E-state index contributed by atoms with van der Waals surface area (Å²) in [6.45, 7) is 7.31. The molecule has 0 spiro atoms. The Labute approximate surface area is 153 Å². The number of halogens is 2. The average molecular weight is 375 g/mol. The van der Waals surface area contributed by atoms with Crippen molar-refractivity contribution in [2.45, 2.75) is 84.5 Å². The van der Waals surface area contributed by atoms with Crippen LogP contribution in [0.1, 0.15) is 58.9 Å². The van der Waals surface area contributed by atoms with Crippen LogP contribution in [0.25, 0.3) is 0 Å². The van der Waals surface area contributed by atoms with Gasteiger partial charge in [0.15, 0.2) is 9.76 Å². The second-order valence-corrected chi connectivity index (χ2v) is 8.27. The largest absolute Gasteiger partial charge is 0.379 e. The van der Waals surface area contributed by atoms with Crippen LogP contribution >= 0.6 is 0 Å². The Morgan fingerprint density at radius 2 is 1.40 bits per heavy atom. The van der Waals surface area contributed by atoms with Crippen molar-refractivity contribution in [2.75, 3.05) is 0 Å². The highest BCUT2D eigenvalue weighted by molar-refractivity contribution is 6.27. The van der Waals surface area contributed by atoms with E-state index in [1.807, 2.05) is 27.7 Å². The van der Waals surface area contributed by atoms with Crippen molar-refractivity contribution in [3.05, 3.63) is 35.4 Å². The van der Waals surface area contributed by atoms with Crippen molar-refractivity contribution in [3.63, 3.8) is 0 Å². The van der Waals surface area contributed by atoms with Gasteiger partial charge in [-0.15, -0.1) is 0 Å². The van der Waals surface area contributed by atoms with E-state index in [0.29, 0.717) is 0 Å². The summed E-state index contributed by atoms with van der Waals surface area (Å²) >= 11 is 0. The van der Waals surface area contributed by atoms with E-state index in [4.69, 9.17) is 13.9 Å². The number of aryl methyl sites for hydroxylation is 1. The van der Waals surface area contributed by atoms with Crippen molar-refractivity contribution < 1.29 is 22.7 Å². The van der Waals surface area contributed by atoms with Gasteiger partial charge in [0.05, 0.1) is 12.2 Å². The van der Waals surface area contributed by atoms with Crippen LogP contribution < -0.4 is 0 Å². The van der Waals surface area contributed by atoms with Gasteiger partial charge in [-0.05, 0) is 64.3 Å². The highest BCUT2D eigenvalue weighted by Gasteiger charge is 2.13. The molecule has 0 amide bonds. The molecule has 25 heavy (non-hydrogen) atoms. The third-order valence-electron chi connectivity index (χ3n) is 3.55. The number of ether oxygens (including phenoxy) is 2. The highest BCUT2D eigenvalue weighted by atomic mass is 28.2. The Morgan fingerprint density at radius 1 is 0.840 bits per heavy atom. The third kappa shape index (κ3) is 11.4. The molecule has 0 heterocycles.